The summed E-state index contributed by atoms with van der Waals surface area (Å²) in [5.41, 5.74) is 0.448. The van der Waals surface area contributed by atoms with E-state index in [1.807, 2.05) is 0 Å². The van der Waals surface area contributed by atoms with Crippen LogP contribution in [0.15, 0.2) is 15.2 Å². The molecule has 2 aromatic rings. The number of aromatic nitrogens is 3. The molecule has 2 aromatic heterocycles. The molecule has 0 atom stereocenters. The molecule has 0 aromatic carbocycles. The summed E-state index contributed by atoms with van der Waals surface area (Å²) in [7, 11) is 0. The predicted octanol–water partition coefficient (Wildman–Crippen LogP) is 1.22. The Balaban J connectivity index is 1.49. The lowest BCUT2D eigenvalue weighted by Gasteiger charge is -2.00. The largest absolute Gasteiger partial charge is 0.361 e. The van der Waals surface area contributed by atoms with Gasteiger partial charge in [-0.25, -0.2) is 0 Å². The number of aryl methyl sites for hydroxylation is 1. The second-order valence-corrected chi connectivity index (χ2v) is 4.62. The molecule has 0 radical (unpaired) electrons. The van der Waals surface area contributed by atoms with Gasteiger partial charge in [0, 0.05) is 18.9 Å². The van der Waals surface area contributed by atoms with Gasteiger partial charge in [0.1, 0.15) is 11.3 Å². The van der Waals surface area contributed by atoms with Crippen molar-refractivity contribution in [3.63, 3.8) is 0 Å². The molecule has 2 heterocycles. The third-order valence-electron chi connectivity index (χ3n) is 3.05. The van der Waals surface area contributed by atoms with Crippen LogP contribution in [0.4, 0.5) is 0 Å². The zero-order chi connectivity index (χ0) is 13.2. The van der Waals surface area contributed by atoms with E-state index in [4.69, 9.17) is 9.05 Å². The number of hydrogen-bond donors (Lipinski definition) is 1. The average Bonchev–Trinajstić information content (AvgIpc) is 2.99. The summed E-state index contributed by atoms with van der Waals surface area (Å²) in [4.78, 5) is 16.1. The number of nitrogens with one attached hydrogen (secondary N) is 1. The first kappa shape index (κ1) is 11.9. The lowest BCUT2D eigenvalue weighted by Crippen LogP contribution is -2.25. The molecule has 1 aliphatic rings. The van der Waals surface area contributed by atoms with Crippen LogP contribution in [0.3, 0.4) is 0 Å². The van der Waals surface area contributed by atoms with Crippen LogP contribution in [-0.4, -0.2) is 27.7 Å². The molecule has 0 bridgehead atoms. The molecule has 0 unspecified atom stereocenters. The molecule has 100 valence electrons. The van der Waals surface area contributed by atoms with Crippen molar-refractivity contribution >= 4 is 5.91 Å². The van der Waals surface area contributed by atoms with Crippen molar-refractivity contribution in [1.29, 1.82) is 0 Å². The fourth-order valence-corrected chi connectivity index (χ4v) is 1.77. The van der Waals surface area contributed by atoms with Crippen LogP contribution in [-0.2, 0) is 6.42 Å². The molecule has 1 saturated carbocycles. The lowest BCUT2D eigenvalue weighted by atomic mass is 10.2. The molecule has 1 fully saturated rings. The van der Waals surface area contributed by atoms with Gasteiger partial charge < -0.3 is 14.4 Å². The van der Waals surface area contributed by atoms with E-state index in [9.17, 15) is 4.79 Å². The van der Waals surface area contributed by atoms with Gasteiger partial charge in [-0.2, -0.15) is 4.98 Å². The van der Waals surface area contributed by atoms with Gasteiger partial charge in [0.15, 0.2) is 5.82 Å². The quantitative estimate of drug-likeness (QED) is 0.870. The Labute approximate surface area is 109 Å². The number of nitrogens with zero attached hydrogens (tertiary/aromatic N) is 3. The Bertz CT molecular complexity index is 585. The summed E-state index contributed by atoms with van der Waals surface area (Å²) in [5.74, 6) is 2.12. The lowest BCUT2D eigenvalue weighted by molar-refractivity contribution is 0.0952. The smallest absolute Gasteiger partial charge is 0.256 e. The molecule has 1 amide bonds. The number of carbonyl (C=O) groups excluding carboxylic acids is 1. The maximum Gasteiger partial charge on any atom is 0.256 e. The summed E-state index contributed by atoms with van der Waals surface area (Å²) in [6.45, 7) is 2.14. The van der Waals surface area contributed by atoms with Gasteiger partial charge in [-0.05, 0) is 19.8 Å². The molecular weight excluding hydrogens is 248 g/mol. The molecule has 0 aliphatic heterocycles. The molecule has 19 heavy (non-hydrogen) atoms. The highest BCUT2D eigenvalue weighted by Crippen LogP contribution is 2.38. The van der Waals surface area contributed by atoms with E-state index in [0.29, 0.717) is 36.1 Å². The number of carbonyl (C=O) groups is 1. The topological polar surface area (TPSA) is 94.1 Å². The van der Waals surface area contributed by atoms with Crippen LogP contribution in [0.1, 0.15) is 46.6 Å². The fourth-order valence-electron chi connectivity index (χ4n) is 1.77. The molecule has 1 aliphatic carbocycles. The van der Waals surface area contributed by atoms with Crippen LogP contribution < -0.4 is 5.32 Å². The van der Waals surface area contributed by atoms with Gasteiger partial charge in [0.05, 0.1) is 6.20 Å². The van der Waals surface area contributed by atoms with Crippen molar-refractivity contribution in [3.05, 3.63) is 29.2 Å². The third kappa shape index (κ3) is 2.64. The van der Waals surface area contributed by atoms with Crippen molar-refractivity contribution in [2.75, 3.05) is 6.54 Å². The SMILES string of the molecule is Cc1oncc1C(=O)NCCc1nc(C2CC2)no1. The van der Waals surface area contributed by atoms with E-state index < -0.39 is 0 Å². The normalized spacial score (nSPS) is 14.6. The first-order chi connectivity index (χ1) is 9.24. The van der Waals surface area contributed by atoms with Gasteiger partial charge in [-0.15, -0.1) is 0 Å². The Hall–Kier alpha value is -2.18. The maximum atomic E-state index is 11.8. The van der Waals surface area contributed by atoms with Gasteiger partial charge in [-0.3, -0.25) is 4.79 Å². The van der Waals surface area contributed by atoms with Crippen molar-refractivity contribution in [3.8, 4) is 0 Å². The standard InChI is InChI=1S/C12H14N4O3/c1-7-9(6-14-18-7)12(17)13-5-4-10-15-11(16-19-10)8-2-3-8/h6,8H,2-5H2,1H3,(H,13,17). The minimum absolute atomic E-state index is 0.208. The zero-order valence-electron chi connectivity index (χ0n) is 10.5. The first-order valence-electron chi connectivity index (χ1n) is 6.26. The maximum absolute atomic E-state index is 11.8. The molecule has 7 heteroatoms. The molecule has 0 saturated heterocycles. The fraction of sp³-hybridized carbons (Fsp3) is 0.500. The summed E-state index contributed by atoms with van der Waals surface area (Å²) >= 11 is 0. The average molecular weight is 262 g/mol. The van der Waals surface area contributed by atoms with E-state index >= 15 is 0 Å². The van der Waals surface area contributed by atoms with Crippen molar-refractivity contribution in [2.24, 2.45) is 0 Å². The van der Waals surface area contributed by atoms with Crippen LogP contribution in [0.25, 0.3) is 0 Å². The third-order valence-corrected chi connectivity index (χ3v) is 3.05. The molecule has 7 nitrogen and oxygen atoms in total. The Morgan fingerprint density at radius 1 is 1.47 bits per heavy atom. The van der Waals surface area contributed by atoms with E-state index in [2.05, 4.69) is 20.6 Å². The highest BCUT2D eigenvalue weighted by atomic mass is 16.5. The van der Waals surface area contributed by atoms with E-state index in [1.165, 1.54) is 6.20 Å². The summed E-state index contributed by atoms with van der Waals surface area (Å²) < 4.78 is 9.95. The summed E-state index contributed by atoms with van der Waals surface area (Å²) in [6, 6.07) is 0. The van der Waals surface area contributed by atoms with Crippen molar-refractivity contribution < 1.29 is 13.8 Å². The summed E-state index contributed by atoms with van der Waals surface area (Å²) in [6.07, 6.45) is 4.21. The van der Waals surface area contributed by atoms with E-state index in [0.717, 1.165) is 18.7 Å². The number of amides is 1. The zero-order valence-corrected chi connectivity index (χ0v) is 10.5. The predicted molar refractivity (Wildman–Crippen MR) is 63.6 cm³/mol. The van der Waals surface area contributed by atoms with Gasteiger partial charge in [0.2, 0.25) is 5.89 Å². The van der Waals surface area contributed by atoms with Gasteiger partial charge >= 0.3 is 0 Å². The Kier molecular flexibility index (Phi) is 3.02. The van der Waals surface area contributed by atoms with Crippen molar-refractivity contribution in [1.82, 2.24) is 20.6 Å². The molecule has 0 spiro atoms. The van der Waals surface area contributed by atoms with Gasteiger partial charge in [0.25, 0.3) is 5.91 Å². The number of rotatable bonds is 5. The highest BCUT2D eigenvalue weighted by molar-refractivity contribution is 5.94. The van der Waals surface area contributed by atoms with Gasteiger partial charge in [-0.1, -0.05) is 10.3 Å². The monoisotopic (exact) mass is 262 g/mol. The molecule has 3 rings (SSSR count). The first-order valence-corrected chi connectivity index (χ1v) is 6.26. The minimum Gasteiger partial charge on any atom is -0.361 e. The van der Waals surface area contributed by atoms with E-state index in [1.54, 1.807) is 6.92 Å². The second kappa shape index (κ2) is 4.83. The Morgan fingerprint density at radius 3 is 3.00 bits per heavy atom. The highest BCUT2D eigenvalue weighted by Gasteiger charge is 2.28. The molecular formula is C12H14N4O3. The van der Waals surface area contributed by atoms with Crippen LogP contribution in [0.5, 0.6) is 0 Å². The minimum atomic E-state index is -0.208. The summed E-state index contributed by atoms with van der Waals surface area (Å²) in [5, 5.41) is 10.2. The van der Waals surface area contributed by atoms with Crippen LogP contribution in [0.2, 0.25) is 0 Å². The van der Waals surface area contributed by atoms with E-state index in [-0.39, 0.29) is 5.91 Å². The molecule has 1 N–H and O–H groups in total. The number of hydrogen-bond acceptors (Lipinski definition) is 6. The Morgan fingerprint density at radius 2 is 2.32 bits per heavy atom. The van der Waals surface area contributed by atoms with Crippen LogP contribution in [0, 0.1) is 6.92 Å². The second-order valence-electron chi connectivity index (χ2n) is 4.62. The van der Waals surface area contributed by atoms with Crippen LogP contribution >= 0.6 is 0 Å². The van der Waals surface area contributed by atoms with Crippen molar-refractivity contribution in [2.45, 2.75) is 32.1 Å².